The van der Waals surface area contributed by atoms with E-state index in [0.29, 0.717) is 11.6 Å². The summed E-state index contributed by atoms with van der Waals surface area (Å²) in [5.74, 6) is 0.617. The number of aromatic nitrogens is 4. The highest BCUT2D eigenvalue weighted by Gasteiger charge is 2.33. The molecule has 0 radical (unpaired) electrons. The molecule has 2 aromatic heterocycles. The van der Waals surface area contributed by atoms with Gasteiger partial charge in [0, 0.05) is 19.3 Å². The molecule has 0 unspecified atom stereocenters. The van der Waals surface area contributed by atoms with Crippen LogP contribution in [0.2, 0.25) is 0 Å². The zero-order valence-corrected chi connectivity index (χ0v) is 11.9. The van der Waals surface area contributed by atoms with Crippen molar-refractivity contribution in [2.24, 2.45) is 0 Å². The fourth-order valence-electron chi connectivity index (χ4n) is 2.33. The molecular weight excluding hydrogens is 313 g/mol. The van der Waals surface area contributed by atoms with Crippen molar-refractivity contribution >= 4 is 11.8 Å². The number of rotatable bonds is 2. The van der Waals surface area contributed by atoms with Gasteiger partial charge < -0.3 is 9.47 Å². The zero-order valence-electron chi connectivity index (χ0n) is 11.9. The Hall–Kier alpha value is -2.65. The van der Waals surface area contributed by atoms with Gasteiger partial charge in [0.05, 0.1) is 6.54 Å². The fourth-order valence-corrected chi connectivity index (χ4v) is 2.33. The molecule has 3 rings (SSSR count). The molecule has 2 aromatic rings. The zero-order chi connectivity index (χ0) is 16.4. The predicted octanol–water partition coefficient (Wildman–Crippen LogP) is 1.83. The molecule has 0 aliphatic carbocycles. The van der Waals surface area contributed by atoms with Gasteiger partial charge in [0.2, 0.25) is 0 Å². The van der Waals surface area contributed by atoms with Crippen molar-refractivity contribution in [1.29, 1.82) is 0 Å². The molecule has 0 fully saturated rings. The quantitative estimate of drug-likeness (QED) is 0.913. The summed E-state index contributed by atoms with van der Waals surface area (Å²) < 4.78 is 38.8. The van der Waals surface area contributed by atoms with Crippen LogP contribution in [0.1, 0.15) is 11.6 Å². The number of nitrogens with one attached hydrogen (secondary N) is 1. The number of alkyl halides is 3. The molecule has 122 valence electrons. The fraction of sp³-hybridized carbons (Fsp3) is 0.385. The second-order valence-electron chi connectivity index (χ2n) is 5.04. The molecule has 23 heavy (non-hydrogen) atoms. The van der Waals surface area contributed by atoms with Gasteiger partial charge in [0.25, 0.3) is 0 Å². The van der Waals surface area contributed by atoms with Crippen molar-refractivity contribution < 1.29 is 18.0 Å². The van der Waals surface area contributed by atoms with E-state index in [1.807, 2.05) is 0 Å². The van der Waals surface area contributed by atoms with Crippen molar-refractivity contribution in [2.75, 3.05) is 11.9 Å². The standard InChI is InChI=1S/C13H13F3N6O/c14-13(15,16)7-10-19-20-11-8-21(5-6-22(10)11)12(23)18-9-3-1-2-4-17-9/h1-4H,5-8H2,(H,17,18,23). The maximum Gasteiger partial charge on any atom is 0.396 e. The molecule has 0 saturated heterocycles. The summed E-state index contributed by atoms with van der Waals surface area (Å²) in [6, 6.07) is 4.72. The molecule has 7 nitrogen and oxygen atoms in total. The van der Waals surface area contributed by atoms with Gasteiger partial charge in [-0.05, 0) is 12.1 Å². The lowest BCUT2D eigenvalue weighted by molar-refractivity contribution is -0.129. The van der Waals surface area contributed by atoms with Crippen molar-refractivity contribution in [1.82, 2.24) is 24.6 Å². The average molecular weight is 326 g/mol. The SMILES string of the molecule is O=C(Nc1ccccn1)N1CCn2c(nnc2CC(F)(F)F)C1. The third-order valence-electron chi connectivity index (χ3n) is 3.38. The highest BCUT2D eigenvalue weighted by atomic mass is 19.4. The lowest BCUT2D eigenvalue weighted by Crippen LogP contribution is -2.41. The summed E-state index contributed by atoms with van der Waals surface area (Å²) in [5.41, 5.74) is 0. The number of anilines is 1. The molecule has 0 bridgehead atoms. The summed E-state index contributed by atoms with van der Waals surface area (Å²) in [4.78, 5) is 17.6. The van der Waals surface area contributed by atoms with Crippen LogP contribution >= 0.6 is 0 Å². The second-order valence-corrected chi connectivity index (χ2v) is 5.04. The third-order valence-corrected chi connectivity index (χ3v) is 3.38. The minimum atomic E-state index is -4.34. The van der Waals surface area contributed by atoms with E-state index in [1.165, 1.54) is 9.47 Å². The van der Waals surface area contributed by atoms with Crippen molar-refractivity contribution in [3.63, 3.8) is 0 Å². The lowest BCUT2D eigenvalue weighted by Gasteiger charge is -2.27. The molecule has 1 aliphatic rings. The van der Waals surface area contributed by atoms with Crippen LogP contribution in [0, 0.1) is 0 Å². The van der Waals surface area contributed by atoms with Gasteiger partial charge in [-0.2, -0.15) is 13.2 Å². The maximum absolute atomic E-state index is 12.5. The van der Waals surface area contributed by atoms with Gasteiger partial charge >= 0.3 is 12.2 Å². The van der Waals surface area contributed by atoms with Crippen molar-refractivity contribution in [2.45, 2.75) is 25.7 Å². The summed E-state index contributed by atoms with van der Waals surface area (Å²) in [6.45, 7) is 0.599. The molecule has 3 heterocycles. The number of hydrogen-bond donors (Lipinski definition) is 1. The van der Waals surface area contributed by atoms with Gasteiger partial charge in [-0.15, -0.1) is 10.2 Å². The smallest absolute Gasteiger partial charge is 0.315 e. The first-order chi connectivity index (χ1) is 10.9. The summed E-state index contributed by atoms with van der Waals surface area (Å²) in [6.07, 6.45) is -3.91. The topological polar surface area (TPSA) is 75.9 Å². The Morgan fingerprint density at radius 2 is 2.09 bits per heavy atom. The second kappa shape index (κ2) is 5.86. The first kappa shape index (κ1) is 15.3. The molecule has 0 saturated carbocycles. The Labute approximate surface area is 129 Å². The number of amides is 2. The van der Waals surface area contributed by atoms with E-state index >= 15 is 0 Å². The van der Waals surface area contributed by atoms with Gasteiger partial charge in [-0.25, -0.2) is 9.78 Å². The Morgan fingerprint density at radius 3 is 2.78 bits per heavy atom. The van der Waals surface area contributed by atoms with E-state index in [2.05, 4.69) is 20.5 Å². The molecule has 2 amide bonds. The van der Waals surface area contributed by atoms with E-state index in [9.17, 15) is 18.0 Å². The van der Waals surface area contributed by atoms with Crippen LogP contribution in [0.15, 0.2) is 24.4 Å². The molecule has 10 heteroatoms. The Bertz CT molecular complexity index is 699. The highest BCUT2D eigenvalue weighted by molar-refractivity contribution is 5.88. The Morgan fingerprint density at radius 1 is 1.26 bits per heavy atom. The molecule has 0 atom stereocenters. The summed E-state index contributed by atoms with van der Waals surface area (Å²) >= 11 is 0. The van der Waals surface area contributed by atoms with Crippen LogP contribution in [0.3, 0.4) is 0 Å². The minimum absolute atomic E-state index is 0.101. The monoisotopic (exact) mass is 326 g/mol. The van der Waals surface area contributed by atoms with E-state index < -0.39 is 12.6 Å². The highest BCUT2D eigenvalue weighted by Crippen LogP contribution is 2.22. The van der Waals surface area contributed by atoms with Crippen LogP contribution in [-0.2, 0) is 19.5 Å². The van der Waals surface area contributed by atoms with Gasteiger partial charge in [-0.3, -0.25) is 5.32 Å². The molecule has 1 aliphatic heterocycles. The van der Waals surface area contributed by atoms with Gasteiger partial charge in [0.1, 0.15) is 18.1 Å². The average Bonchev–Trinajstić information content (AvgIpc) is 2.89. The number of urea groups is 1. The number of nitrogens with zero attached hydrogens (tertiary/aromatic N) is 5. The minimum Gasteiger partial charge on any atom is -0.315 e. The lowest BCUT2D eigenvalue weighted by atomic mass is 10.3. The van der Waals surface area contributed by atoms with Gasteiger partial charge in [0.15, 0.2) is 5.82 Å². The van der Waals surface area contributed by atoms with Crippen molar-refractivity contribution in [3.05, 3.63) is 36.0 Å². The third kappa shape index (κ3) is 3.58. The Balaban J connectivity index is 1.68. The van der Waals surface area contributed by atoms with E-state index in [4.69, 9.17) is 0 Å². The largest absolute Gasteiger partial charge is 0.396 e. The number of fused-ring (bicyclic) bond motifs is 1. The van der Waals surface area contributed by atoms with Crippen LogP contribution in [-0.4, -0.2) is 43.4 Å². The maximum atomic E-state index is 12.5. The van der Waals surface area contributed by atoms with Crippen molar-refractivity contribution in [3.8, 4) is 0 Å². The summed E-state index contributed by atoms with van der Waals surface area (Å²) in [7, 11) is 0. The number of carbonyl (C=O) groups is 1. The van der Waals surface area contributed by atoms with Crippen LogP contribution in [0.5, 0.6) is 0 Å². The molecule has 0 spiro atoms. The predicted molar refractivity (Wildman–Crippen MR) is 73.4 cm³/mol. The number of hydrogen-bond acceptors (Lipinski definition) is 4. The number of pyridine rings is 1. The van der Waals surface area contributed by atoms with Gasteiger partial charge in [-0.1, -0.05) is 6.07 Å². The Kier molecular flexibility index (Phi) is 3.89. The number of carbonyl (C=O) groups excluding carboxylic acids is 1. The summed E-state index contributed by atoms with van der Waals surface area (Å²) in [5, 5.41) is 9.97. The van der Waals surface area contributed by atoms with Crippen LogP contribution in [0.25, 0.3) is 0 Å². The van der Waals surface area contributed by atoms with Crippen LogP contribution < -0.4 is 5.32 Å². The number of halogens is 3. The van der Waals surface area contributed by atoms with Crippen LogP contribution in [0.4, 0.5) is 23.8 Å². The molecular formula is C13H13F3N6O. The first-order valence-corrected chi connectivity index (χ1v) is 6.87. The normalized spacial score (nSPS) is 14.5. The van der Waals surface area contributed by atoms with E-state index in [0.717, 1.165) is 0 Å². The van der Waals surface area contributed by atoms with E-state index in [-0.39, 0.29) is 31.5 Å². The molecule has 1 N–H and O–H groups in total. The molecule has 0 aromatic carbocycles. The van der Waals surface area contributed by atoms with E-state index in [1.54, 1.807) is 24.4 Å². The first-order valence-electron chi connectivity index (χ1n) is 6.87.